The lowest BCUT2D eigenvalue weighted by Gasteiger charge is -2.36. The molecular weight excluding hydrogens is 194 g/mol. The number of morpholine rings is 1. The maximum atomic E-state index is 5.56. The van der Waals surface area contributed by atoms with E-state index >= 15 is 0 Å². The molecule has 60 valence electrons. The monoisotopic (exact) mass is 207 g/mol. The molecule has 0 spiro atoms. The maximum Gasteiger partial charge on any atom is 0.135 e. The highest BCUT2D eigenvalue weighted by atomic mass is 79.9. The van der Waals surface area contributed by atoms with Crippen LogP contribution in [-0.2, 0) is 4.74 Å². The summed E-state index contributed by atoms with van der Waals surface area (Å²) in [4.78, 5) is 2.28. The average Bonchev–Trinajstić information content (AvgIpc) is 1.88. The first-order valence-electron chi connectivity index (χ1n) is 3.68. The van der Waals surface area contributed by atoms with E-state index in [2.05, 4.69) is 34.8 Å². The Morgan fingerprint density at radius 2 is 2.40 bits per heavy atom. The molecule has 1 aliphatic rings. The fourth-order valence-electron chi connectivity index (χ4n) is 1.13. The molecule has 0 amide bonds. The van der Waals surface area contributed by atoms with E-state index in [1.54, 1.807) is 0 Å². The van der Waals surface area contributed by atoms with Crippen molar-refractivity contribution in [3.05, 3.63) is 0 Å². The summed E-state index contributed by atoms with van der Waals surface area (Å²) in [7, 11) is 2.12. The molecule has 1 heterocycles. The predicted molar refractivity (Wildman–Crippen MR) is 45.4 cm³/mol. The number of ether oxygens (including phenoxy) is 1. The standard InChI is InChI=1S/C7H14BrNO/c1-3-7(8)6-9(2)4-5-10-7/h3-6H2,1-2H3. The normalized spacial score (nSPS) is 36.3. The Morgan fingerprint density at radius 3 is 2.80 bits per heavy atom. The van der Waals surface area contributed by atoms with Crippen LogP contribution in [0, 0.1) is 0 Å². The molecular formula is C7H14BrNO. The molecule has 0 radical (unpaired) electrons. The molecule has 2 nitrogen and oxygen atoms in total. The molecule has 1 aliphatic heterocycles. The van der Waals surface area contributed by atoms with Crippen molar-refractivity contribution in [1.29, 1.82) is 0 Å². The van der Waals surface area contributed by atoms with E-state index in [1.807, 2.05) is 0 Å². The molecule has 0 N–H and O–H groups in total. The number of nitrogens with zero attached hydrogens (tertiary/aromatic N) is 1. The van der Waals surface area contributed by atoms with Crippen molar-refractivity contribution in [1.82, 2.24) is 4.90 Å². The third-order valence-electron chi connectivity index (χ3n) is 1.87. The lowest BCUT2D eigenvalue weighted by molar-refractivity contribution is -0.0396. The van der Waals surface area contributed by atoms with Crippen molar-refractivity contribution >= 4 is 15.9 Å². The smallest absolute Gasteiger partial charge is 0.135 e. The molecule has 3 heteroatoms. The topological polar surface area (TPSA) is 12.5 Å². The van der Waals surface area contributed by atoms with Gasteiger partial charge in [-0.1, -0.05) is 22.9 Å². The van der Waals surface area contributed by atoms with E-state index in [0.717, 1.165) is 26.1 Å². The first kappa shape index (κ1) is 8.50. The second-order valence-electron chi connectivity index (χ2n) is 2.82. The minimum Gasteiger partial charge on any atom is -0.361 e. The minimum atomic E-state index is -0.0694. The summed E-state index contributed by atoms with van der Waals surface area (Å²) < 4.78 is 5.49. The van der Waals surface area contributed by atoms with E-state index in [1.165, 1.54) is 0 Å². The zero-order valence-electron chi connectivity index (χ0n) is 6.56. The van der Waals surface area contributed by atoms with Crippen LogP contribution in [0.1, 0.15) is 13.3 Å². The number of hydrogen-bond donors (Lipinski definition) is 0. The van der Waals surface area contributed by atoms with Gasteiger partial charge in [0.15, 0.2) is 0 Å². The van der Waals surface area contributed by atoms with Gasteiger partial charge in [0, 0.05) is 13.1 Å². The van der Waals surface area contributed by atoms with E-state index in [0.29, 0.717) is 0 Å². The van der Waals surface area contributed by atoms with Crippen LogP contribution < -0.4 is 0 Å². The van der Waals surface area contributed by atoms with Gasteiger partial charge in [0.25, 0.3) is 0 Å². The quantitative estimate of drug-likeness (QED) is 0.604. The molecule has 0 aromatic carbocycles. The zero-order valence-corrected chi connectivity index (χ0v) is 8.15. The van der Waals surface area contributed by atoms with E-state index in [-0.39, 0.29) is 4.51 Å². The third kappa shape index (κ3) is 1.94. The van der Waals surface area contributed by atoms with Crippen molar-refractivity contribution in [3.63, 3.8) is 0 Å². The van der Waals surface area contributed by atoms with Gasteiger partial charge in [-0.25, -0.2) is 0 Å². The van der Waals surface area contributed by atoms with Gasteiger partial charge in [-0.05, 0) is 13.5 Å². The van der Waals surface area contributed by atoms with E-state index in [4.69, 9.17) is 4.74 Å². The van der Waals surface area contributed by atoms with Crippen LogP contribution in [0.3, 0.4) is 0 Å². The Balaban J connectivity index is 2.45. The lowest BCUT2D eigenvalue weighted by atomic mass is 10.2. The molecule has 1 unspecified atom stereocenters. The number of hydrogen-bond acceptors (Lipinski definition) is 2. The van der Waals surface area contributed by atoms with Crippen molar-refractivity contribution in [3.8, 4) is 0 Å². The van der Waals surface area contributed by atoms with Crippen molar-refractivity contribution < 1.29 is 4.74 Å². The predicted octanol–water partition coefficient (Wildman–Crippen LogP) is 1.45. The second-order valence-corrected chi connectivity index (χ2v) is 4.27. The van der Waals surface area contributed by atoms with E-state index in [9.17, 15) is 0 Å². The molecule has 0 saturated carbocycles. The molecule has 0 bridgehead atoms. The second kappa shape index (κ2) is 3.20. The molecule has 0 aromatic rings. The van der Waals surface area contributed by atoms with Crippen LogP contribution in [0.4, 0.5) is 0 Å². The maximum absolute atomic E-state index is 5.56. The molecule has 1 atom stereocenters. The van der Waals surface area contributed by atoms with Gasteiger partial charge in [0.2, 0.25) is 0 Å². The molecule has 1 fully saturated rings. The fourth-order valence-corrected chi connectivity index (χ4v) is 1.72. The van der Waals surface area contributed by atoms with Crippen LogP contribution in [0.2, 0.25) is 0 Å². The van der Waals surface area contributed by atoms with Gasteiger partial charge in [-0.2, -0.15) is 0 Å². The Morgan fingerprint density at radius 1 is 1.70 bits per heavy atom. The van der Waals surface area contributed by atoms with Gasteiger partial charge in [-0.3, -0.25) is 0 Å². The first-order valence-corrected chi connectivity index (χ1v) is 4.47. The summed E-state index contributed by atoms with van der Waals surface area (Å²) in [5, 5.41) is 0. The van der Waals surface area contributed by atoms with Gasteiger partial charge in [0.05, 0.1) is 6.61 Å². The summed E-state index contributed by atoms with van der Waals surface area (Å²) in [6.07, 6.45) is 1.03. The summed E-state index contributed by atoms with van der Waals surface area (Å²) >= 11 is 3.57. The summed E-state index contributed by atoms with van der Waals surface area (Å²) in [6.45, 7) is 5.01. The van der Waals surface area contributed by atoms with Crippen LogP contribution in [0.15, 0.2) is 0 Å². The van der Waals surface area contributed by atoms with Crippen molar-refractivity contribution in [2.75, 3.05) is 26.7 Å². The van der Waals surface area contributed by atoms with Gasteiger partial charge < -0.3 is 9.64 Å². The molecule has 0 aliphatic carbocycles. The van der Waals surface area contributed by atoms with E-state index < -0.39 is 0 Å². The minimum absolute atomic E-state index is 0.0694. The largest absolute Gasteiger partial charge is 0.361 e. The zero-order chi connectivity index (χ0) is 7.61. The number of likely N-dealkylation sites (N-methyl/N-ethyl adjacent to an activating group) is 1. The highest BCUT2D eigenvalue weighted by Crippen LogP contribution is 2.27. The fraction of sp³-hybridized carbons (Fsp3) is 1.00. The highest BCUT2D eigenvalue weighted by molar-refractivity contribution is 9.10. The molecule has 0 aromatic heterocycles. The van der Waals surface area contributed by atoms with Crippen molar-refractivity contribution in [2.24, 2.45) is 0 Å². The SMILES string of the molecule is CCC1(Br)CN(C)CCO1. The van der Waals surface area contributed by atoms with Crippen molar-refractivity contribution in [2.45, 2.75) is 17.9 Å². The number of halogens is 1. The lowest BCUT2D eigenvalue weighted by Crippen LogP contribution is -2.45. The number of alkyl halides is 1. The first-order chi connectivity index (χ1) is 4.66. The van der Waals surface area contributed by atoms with Crippen LogP contribution in [0.25, 0.3) is 0 Å². The van der Waals surface area contributed by atoms with Gasteiger partial charge >= 0.3 is 0 Å². The number of rotatable bonds is 1. The summed E-state index contributed by atoms with van der Waals surface area (Å²) in [5.41, 5.74) is 0. The van der Waals surface area contributed by atoms with Crippen LogP contribution in [0.5, 0.6) is 0 Å². The van der Waals surface area contributed by atoms with Crippen LogP contribution >= 0.6 is 15.9 Å². The Kier molecular flexibility index (Phi) is 2.72. The molecule has 1 rings (SSSR count). The Labute approximate surface area is 70.7 Å². The Bertz CT molecular complexity index is 120. The van der Waals surface area contributed by atoms with Gasteiger partial charge in [-0.15, -0.1) is 0 Å². The summed E-state index contributed by atoms with van der Waals surface area (Å²) in [5.74, 6) is 0. The molecule has 1 saturated heterocycles. The summed E-state index contributed by atoms with van der Waals surface area (Å²) in [6, 6.07) is 0. The van der Waals surface area contributed by atoms with Crippen LogP contribution in [-0.4, -0.2) is 36.2 Å². The highest BCUT2D eigenvalue weighted by Gasteiger charge is 2.30. The molecule has 10 heavy (non-hydrogen) atoms. The third-order valence-corrected chi connectivity index (χ3v) is 2.91. The average molecular weight is 208 g/mol. The van der Waals surface area contributed by atoms with Gasteiger partial charge in [0.1, 0.15) is 4.51 Å². The Hall–Kier alpha value is 0.400.